The lowest BCUT2D eigenvalue weighted by molar-refractivity contribution is 0.0767. The summed E-state index contributed by atoms with van der Waals surface area (Å²) in [6.07, 6.45) is 8.30. The summed E-state index contributed by atoms with van der Waals surface area (Å²) in [6.45, 7) is 7.04. The molecule has 0 spiro atoms. The Kier molecular flexibility index (Phi) is 3.18. The molecule has 3 fully saturated rings. The van der Waals surface area contributed by atoms with Crippen molar-refractivity contribution in [2.24, 2.45) is 5.73 Å². The number of nitrogens with zero attached hydrogens (tertiary/aromatic N) is 2. The lowest BCUT2D eigenvalue weighted by Crippen LogP contribution is -2.57. The zero-order chi connectivity index (χ0) is 11.9. The van der Waals surface area contributed by atoms with Crippen LogP contribution < -0.4 is 5.73 Å². The molecule has 2 saturated heterocycles. The smallest absolute Gasteiger partial charge is 0.0473 e. The van der Waals surface area contributed by atoms with Crippen molar-refractivity contribution < 1.29 is 0 Å². The van der Waals surface area contributed by atoms with Crippen LogP contribution in [0.3, 0.4) is 0 Å². The summed E-state index contributed by atoms with van der Waals surface area (Å²) >= 11 is 0. The van der Waals surface area contributed by atoms with E-state index in [4.69, 9.17) is 5.73 Å². The van der Waals surface area contributed by atoms with E-state index in [2.05, 4.69) is 16.7 Å². The van der Waals surface area contributed by atoms with Gasteiger partial charge in [0, 0.05) is 30.7 Å². The molecular weight excluding hydrogens is 210 g/mol. The molecule has 2 heterocycles. The van der Waals surface area contributed by atoms with Gasteiger partial charge >= 0.3 is 0 Å². The van der Waals surface area contributed by atoms with Gasteiger partial charge in [-0.2, -0.15) is 0 Å². The molecule has 3 heteroatoms. The fourth-order valence-electron chi connectivity index (χ4n) is 4.00. The minimum atomic E-state index is 0.308. The van der Waals surface area contributed by atoms with Gasteiger partial charge in [0.15, 0.2) is 0 Å². The fourth-order valence-corrected chi connectivity index (χ4v) is 4.00. The lowest BCUT2D eigenvalue weighted by atomic mass is 9.91. The molecular formula is C14H27N3. The second kappa shape index (κ2) is 4.52. The summed E-state index contributed by atoms with van der Waals surface area (Å²) in [7, 11) is 0. The van der Waals surface area contributed by atoms with Gasteiger partial charge in [-0.1, -0.05) is 6.42 Å². The Morgan fingerprint density at radius 3 is 2.47 bits per heavy atom. The summed E-state index contributed by atoms with van der Waals surface area (Å²) in [6, 6.07) is 1.64. The van der Waals surface area contributed by atoms with Gasteiger partial charge in [0.05, 0.1) is 0 Å². The van der Waals surface area contributed by atoms with E-state index in [0.29, 0.717) is 5.54 Å². The predicted octanol–water partition coefficient (Wildman–Crippen LogP) is 1.43. The van der Waals surface area contributed by atoms with Crippen molar-refractivity contribution in [3.63, 3.8) is 0 Å². The Balaban J connectivity index is 1.73. The molecule has 1 saturated carbocycles. The van der Waals surface area contributed by atoms with Gasteiger partial charge < -0.3 is 5.73 Å². The van der Waals surface area contributed by atoms with Gasteiger partial charge in [-0.05, 0) is 52.1 Å². The van der Waals surface area contributed by atoms with Gasteiger partial charge in [0.2, 0.25) is 0 Å². The molecule has 3 rings (SSSR count). The number of nitrogens with two attached hydrogens (primary N) is 1. The third-order valence-electron chi connectivity index (χ3n) is 5.14. The molecule has 0 amide bonds. The molecule has 2 atom stereocenters. The topological polar surface area (TPSA) is 32.5 Å². The number of hydrogen-bond donors (Lipinski definition) is 1. The number of likely N-dealkylation sites (tertiary alicyclic amines) is 2. The Morgan fingerprint density at radius 1 is 1.18 bits per heavy atom. The molecule has 2 N–H and O–H groups in total. The maximum Gasteiger partial charge on any atom is 0.0473 e. The highest BCUT2D eigenvalue weighted by molar-refractivity contribution is 5.07. The molecule has 1 aliphatic carbocycles. The van der Waals surface area contributed by atoms with Gasteiger partial charge in [-0.15, -0.1) is 0 Å². The SMILES string of the molecule is CC1CC(CN)(N2CCCCC2)CN1C1CC1. The fraction of sp³-hybridized carbons (Fsp3) is 1.00. The summed E-state index contributed by atoms with van der Waals surface area (Å²) in [5, 5.41) is 0. The minimum absolute atomic E-state index is 0.308. The Labute approximate surface area is 105 Å². The molecule has 0 aromatic rings. The highest BCUT2D eigenvalue weighted by Crippen LogP contribution is 2.40. The Bertz CT molecular complexity index is 271. The lowest BCUT2D eigenvalue weighted by Gasteiger charge is -2.43. The Morgan fingerprint density at radius 2 is 1.88 bits per heavy atom. The second-order valence-electron chi connectivity index (χ2n) is 6.43. The molecule has 0 bridgehead atoms. The second-order valence-corrected chi connectivity index (χ2v) is 6.43. The number of hydrogen-bond acceptors (Lipinski definition) is 3. The predicted molar refractivity (Wildman–Crippen MR) is 71.0 cm³/mol. The van der Waals surface area contributed by atoms with Crippen molar-refractivity contribution in [3.05, 3.63) is 0 Å². The van der Waals surface area contributed by atoms with Crippen LogP contribution in [-0.4, -0.2) is 53.6 Å². The molecule has 2 unspecified atom stereocenters. The molecule has 3 nitrogen and oxygen atoms in total. The normalized spacial score (nSPS) is 40.9. The first-order valence-electron chi connectivity index (χ1n) is 7.46. The van der Waals surface area contributed by atoms with Crippen molar-refractivity contribution in [2.45, 2.75) is 63.1 Å². The maximum atomic E-state index is 6.18. The first-order chi connectivity index (χ1) is 8.25. The van der Waals surface area contributed by atoms with Crippen LogP contribution in [0.1, 0.15) is 45.4 Å². The molecule has 17 heavy (non-hydrogen) atoms. The first kappa shape index (κ1) is 11.9. The van der Waals surface area contributed by atoms with E-state index in [1.807, 2.05) is 0 Å². The minimum Gasteiger partial charge on any atom is -0.329 e. The van der Waals surface area contributed by atoms with Crippen molar-refractivity contribution in [1.29, 1.82) is 0 Å². The standard InChI is InChI=1S/C14H27N3/c1-12-9-14(10-15,11-17(12)13-5-6-13)16-7-3-2-4-8-16/h12-13H,2-11,15H2,1H3. The van der Waals surface area contributed by atoms with Crippen LogP contribution in [0, 0.1) is 0 Å². The summed E-state index contributed by atoms with van der Waals surface area (Å²) in [5.41, 5.74) is 6.48. The largest absolute Gasteiger partial charge is 0.329 e. The average molecular weight is 237 g/mol. The van der Waals surface area contributed by atoms with Crippen molar-refractivity contribution >= 4 is 0 Å². The van der Waals surface area contributed by atoms with Crippen LogP contribution in [0.4, 0.5) is 0 Å². The van der Waals surface area contributed by atoms with Gasteiger partial charge in [-0.25, -0.2) is 0 Å². The molecule has 0 aromatic heterocycles. The molecule has 98 valence electrons. The van der Waals surface area contributed by atoms with E-state index in [9.17, 15) is 0 Å². The van der Waals surface area contributed by atoms with Crippen LogP contribution >= 0.6 is 0 Å². The Hall–Kier alpha value is -0.120. The summed E-state index contributed by atoms with van der Waals surface area (Å²) in [4.78, 5) is 5.46. The average Bonchev–Trinajstić information content (AvgIpc) is 3.15. The van der Waals surface area contributed by atoms with E-state index in [0.717, 1.165) is 18.6 Å². The maximum absolute atomic E-state index is 6.18. The number of rotatable bonds is 3. The van der Waals surface area contributed by atoms with E-state index >= 15 is 0 Å². The van der Waals surface area contributed by atoms with Crippen LogP contribution in [0.2, 0.25) is 0 Å². The van der Waals surface area contributed by atoms with Crippen LogP contribution in [-0.2, 0) is 0 Å². The van der Waals surface area contributed by atoms with Crippen LogP contribution in [0.15, 0.2) is 0 Å². The van der Waals surface area contributed by atoms with Gasteiger partial charge in [-0.3, -0.25) is 9.80 Å². The molecule has 0 aromatic carbocycles. The van der Waals surface area contributed by atoms with Gasteiger partial charge in [0.1, 0.15) is 0 Å². The van der Waals surface area contributed by atoms with E-state index < -0.39 is 0 Å². The quantitative estimate of drug-likeness (QED) is 0.806. The first-order valence-corrected chi connectivity index (χ1v) is 7.46. The molecule has 2 aliphatic heterocycles. The zero-order valence-electron chi connectivity index (χ0n) is 11.2. The highest BCUT2D eigenvalue weighted by Gasteiger charge is 2.49. The van der Waals surface area contributed by atoms with Gasteiger partial charge in [0.25, 0.3) is 0 Å². The summed E-state index contributed by atoms with van der Waals surface area (Å²) < 4.78 is 0. The zero-order valence-corrected chi connectivity index (χ0v) is 11.2. The van der Waals surface area contributed by atoms with Crippen LogP contribution in [0.25, 0.3) is 0 Å². The van der Waals surface area contributed by atoms with E-state index in [-0.39, 0.29) is 0 Å². The third-order valence-corrected chi connectivity index (χ3v) is 5.14. The summed E-state index contributed by atoms with van der Waals surface area (Å²) in [5.74, 6) is 0. The van der Waals surface area contributed by atoms with Crippen molar-refractivity contribution in [2.75, 3.05) is 26.2 Å². The van der Waals surface area contributed by atoms with E-state index in [1.54, 1.807) is 0 Å². The monoisotopic (exact) mass is 237 g/mol. The number of piperidine rings is 1. The molecule has 0 radical (unpaired) electrons. The molecule has 3 aliphatic rings. The van der Waals surface area contributed by atoms with E-state index in [1.165, 1.54) is 58.2 Å². The van der Waals surface area contributed by atoms with Crippen molar-refractivity contribution in [1.82, 2.24) is 9.80 Å². The van der Waals surface area contributed by atoms with Crippen molar-refractivity contribution in [3.8, 4) is 0 Å². The third kappa shape index (κ3) is 2.13. The van der Waals surface area contributed by atoms with Crippen LogP contribution in [0.5, 0.6) is 0 Å². The highest BCUT2D eigenvalue weighted by atomic mass is 15.3.